The Morgan fingerprint density at radius 3 is 2.70 bits per heavy atom. The average molecular weight is 551 g/mol. The van der Waals surface area contributed by atoms with E-state index in [1.165, 1.54) is 4.57 Å². The van der Waals surface area contributed by atoms with Gasteiger partial charge in [-0.1, -0.05) is 17.9 Å². The summed E-state index contributed by atoms with van der Waals surface area (Å²) in [5, 5.41) is 10.5. The van der Waals surface area contributed by atoms with Gasteiger partial charge in [-0.25, -0.2) is 4.79 Å². The topological polar surface area (TPSA) is 89.6 Å². The van der Waals surface area contributed by atoms with Crippen molar-refractivity contribution in [1.82, 2.24) is 9.55 Å². The van der Waals surface area contributed by atoms with Crippen LogP contribution >= 0.6 is 0 Å². The number of aryl methyl sites for hydroxylation is 1. The maximum Gasteiger partial charge on any atom is 0.405 e. The number of hydrogen-bond donors (Lipinski definition) is 0. The van der Waals surface area contributed by atoms with Crippen LogP contribution in [-0.2, 0) is 23.1 Å². The highest BCUT2D eigenvalue weighted by Gasteiger charge is 2.62. The first-order valence-corrected chi connectivity index (χ1v) is 13.0. The first kappa shape index (κ1) is 26.2. The molecule has 1 aromatic heterocycles. The van der Waals surface area contributed by atoms with Gasteiger partial charge in [0.05, 0.1) is 37.5 Å². The largest absolute Gasteiger partial charge is 0.486 e. The van der Waals surface area contributed by atoms with Crippen molar-refractivity contribution in [3.63, 3.8) is 0 Å². The lowest BCUT2D eigenvalue weighted by atomic mass is 10.0. The van der Waals surface area contributed by atoms with Gasteiger partial charge in [-0.3, -0.25) is 4.57 Å². The van der Waals surface area contributed by atoms with Crippen LogP contribution in [0, 0.1) is 28.6 Å². The fourth-order valence-corrected chi connectivity index (χ4v) is 5.09. The van der Waals surface area contributed by atoms with E-state index in [2.05, 4.69) is 22.9 Å². The minimum Gasteiger partial charge on any atom is -0.486 e. The number of benzene rings is 2. The molecule has 0 amide bonds. The highest BCUT2D eigenvalue weighted by molar-refractivity contribution is 5.94. The molecule has 0 spiro atoms. The highest BCUT2D eigenvalue weighted by atomic mass is 19.4. The van der Waals surface area contributed by atoms with Gasteiger partial charge in [-0.05, 0) is 31.0 Å². The molecule has 1 atom stereocenters. The molecule has 3 heterocycles. The standard InChI is InChI=1S/C29H25F3N4O4/c1-35-24-14-25(40-20-6-11-38-16-20)19(15-33)13-21(24)26(34-27(35)37)36-10-12-39-17-22-18(3-2-4-23(22)36)5-7-28(8-9-28)29(30,31)32/h2-4,13-14,20H,6,8-12,16-17H2,1H3/t20-/m0/s1. The van der Waals surface area contributed by atoms with Crippen molar-refractivity contribution < 1.29 is 27.4 Å². The Morgan fingerprint density at radius 1 is 1.18 bits per heavy atom. The minimum absolute atomic E-state index is 0.00886. The molecule has 8 nitrogen and oxygen atoms in total. The monoisotopic (exact) mass is 550 g/mol. The molecule has 1 aliphatic carbocycles. The molecule has 3 aliphatic rings. The number of anilines is 2. The number of alkyl halides is 3. The van der Waals surface area contributed by atoms with E-state index in [0.717, 1.165) is 0 Å². The maximum atomic E-state index is 13.5. The van der Waals surface area contributed by atoms with E-state index >= 15 is 0 Å². The summed E-state index contributed by atoms with van der Waals surface area (Å²) < 4.78 is 59.1. The number of fused-ring (bicyclic) bond motifs is 2. The molecular weight excluding hydrogens is 525 g/mol. The molecule has 206 valence electrons. The van der Waals surface area contributed by atoms with E-state index < -0.39 is 17.3 Å². The van der Waals surface area contributed by atoms with Crippen molar-refractivity contribution in [2.45, 2.75) is 38.1 Å². The summed E-state index contributed by atoms with van der Waals surface area (Å²) in [5.41, 5.74) is 0.0158. The van der Waals surface area contributed by atoms with E-state index in [9.17, 15) is 23.2 Å². The summed E-state index contributed by atoms with van der Waals surface area (Å²) in [7, 11) is 1.59. The third kappa shape index (κ3) is 4.55. The van der Waals surface area contributed by atoms with Gasteiger partial charge in [0.2, 0.25) is 0 Å². The molecule has 0 unspecified atom stereocenters. The summed E-state index contributed by atoms with van der Waals surface area (Å²) in [5.74, 6) is 5.91. The second kappa shape index (κ2) is 9.84. The van der Waals surface area contributed by atoms with E-state index in [1.807, 2.05) is 0 Å². The van der Waals surface area contributed by atoms with Gasteiger partial charge in [0.1, 0.15) is 29.2 Å². The number of nitrogens with zero attached hydrogens (tertiary/aromatic N) is 4. The molecule has 11 heteroatoms. The van der Waals surface area contributed by atoms with E-state index in [-0.39, 0.29) is 37.7 Å². The molecule has 2 fully saturated rings. The van der Waals surface area contributed by atoms with Crippen molar-refractivity contribution >= 4 is 22.4 Å². The molecule has 2 aromatic carbocycles. The Kier molecular flexibility index (Phi) is 6.44. The summed E-state index contributed by atoms with van der Waals surface area (Å²) in [6.07, 6.45) is -3.89. The Morgan fingerprint density at radius 2 is 2.00 bits per heavy atom. The lowest BCUT2D eigenvalue weighted by Gasteiger charge is -2.26. The van der Waals surface area contributed by atoms with E-state index in [4.69, 9.17) is 14.2 Å². The predicted octanol–water partition coefficient (Wildman–Crippen LogP) is 4.34. The molecule has 1 saturated carbocycles. The third-order valence-corrected chi connectivity index (χ3v) is 7.62. The zero-order valence-electron chi connectivity index (χ0n) is 21.7. The average Bonchev–Trinajstić information content (AvgIpc) is 3.63. The van der Waals surface area contributed by atoms with Crippen LogP contribution in [0.2, 0.25) is 0 Å². The number of nitriles is 1. The lowest BCUT2D eigenvalue weighted by Crippen LogP contribution is -2.28. The number of halogens is 3. The van der Waals surface area contributed by atoms with Gasteiger partial charge in [0.25, 0.3) is 0 Å². The Balaban J connectivity index is 1.47. The van der Waals surface area contributed by atoms with Crippen LogP contribution in [-0.4, -0.2) is 48.2 Å². The molecule has 0 N–H and O–H groups in total. The summed E-state index contributed by atoms with van der Waals surface area (Å²) in [6, 6.07) is 10.7. The molecule has 6 rings (SSSR count). The summed E-state index contributed by atoms with van der Waals surface area (Å²) in [6.45, 7) is 1.74. The van der Waals surface area contributed by atoms with Crippen LogP contribution in [0.4, 0.5) is 24.7 Å². The molecule has 0 bridgehead atoms. The second-order valence-corrected chi connectivity index (χ2v) is 10.2. The van der Waals surface area contributed by atoms with Gasteiger partial charge in [0.15, 0.2) is 0 Å². The summed E-state index contributed by atoms with van der Waals surface area (Å²) in [4.78, 5) is 19.2. The molecule has 2 aliphatic heterocycles. The number of rotatable bonds is 3. The van der Waals surface area contributed by atoms with Crippen molar-refractivity contribution in [1.29, 1.82) is 5.26 Å². The number of hydrogen-bond acceptors (Lipinski definition) is 7. The van der Waals surface area contributed by atoms with Gasteiger partial charge in [-0.15, -0.1) is 0 Å². The van der Waals surface area contributed by atoms with Gasteiger partial charge in [0, 0.05) is 48.3 Å². The van der Waals surface area contributed by atoms with Crippen molar-refractivity contribution in [3.05, 3.63) is 57.5 Å². The smallest absolute Gasteiger partial charge is 0.405 e. The Bertz CT molecular complexity index is 1650. The van der Waals surface area contributed by atoms with Crippen LogP contribution in [0.5, 0.6) is 5.75 Å². The van der Waals surface area contributed by atoms with Crippen molar-refractivity contribution in [2.75, 3.05) is 31.3 Å². The minimum atomic E-state index is -4.38. The molecular formula is C29H25F3N4O4. The maximum absolute atomic E-state index is 13.5. The normalized spacial score (nSPS) is 19.8. The molecule has 0 radical (unpaired) electrons. The first-order valence-electron chi connectivity index (χ1n) is 13.0. The van der Waals surface area contributed by atoms with Crippen LogP contribution < -0.4 is 15.3 Å². The number of aromatic nitrogens is 2. The third-order valence-electron chi connectivity index (χ3n) is 7.62. The van der Waals surface area contributed by atoms with Crippen LogP contribution in [0.15, 0.2) is 35.1 Å². The molecule has 3 aromatic rings. The van der Waals surface area contributed by atoms with Crippen LogP contribution in [0.1, 0.15) is 36.0 Å². The van der Waals surface area contributed by atoms with E-state index in [0.29, 0.717) is 65.5 Å². The fourth-order valence-electron chi connectivity index (χ4n) is 5.09. The summed E-state index contributed by atoms with van der Waals surface area (Å²) >= 11 is 0. The molecule has 40 heavy (non-hydrogen) atoms. The van der Waals surface area contributed by atoms with Crippen LogP contribution in [0.3, 0.4) is 0 Å². The highest BCUT2D eigenvalue weighted by Crippen LogP contribution is 2.57. The van der Waals surface area contributed by atoms with Crippen molar-refractivity contribution in [3.8, 4) is 23.7 Å². The van der Waals surface area contributed by atoms with Gasteiger partial charge >= 0.3 is 11.9 Å². The van der Waals surface area contributed by atoms with Crippen molar-refractivity contribution in [2.24, 2.45) is 12.5 Å². The fraction of sp³-hybridized carbons (Fsp3) is 0.414. The second-order valence-electron chi connectivity index (χ2n) is 10.2. The predicted molar refractivity (Wildman–Crippen MR) is 139 cm³/mol. The van der Waals surface area contributed by atoms with E-state index in [1.54, 1.807) is 42.3 Å². The zero-order chi connectivity index (χ0) is 28.1. The van der Waals surface area contributed by atoms with Gasteiger partial charge < -0.3 is 19.1 Å². The number of ether oxygens (including phenoxy) is 3. The van der Waals surface area contributed by atoms with Gasteiger partial charge in [-0.2, -0.15) is 23.4 Å². The Hall–Kier alpha value is -4.06. The molecule has 1 saturated heterocycles. The Labute approximate surface area is 227 Å². The van der Waals surface area contributed by atoms with Crippen LogP contribution in [0.25, 0.3) is 10.9 Å². The lowest BCUT2D eigenvalue weighted by molar-refractivity contribution is -0.168. The zero-order valence-corrected chi connectivity index (χ0v) is 21.7. The quantitative estimate of drug-likeness (QED) is 0.449. The SMILES string of the molecule is Cn1c(=O)nc(N2CCOCc3c(C#CC4(C(F)(F)F)CC4)cccc32)c2cc(C#N)c(O[C@H]3CCOC3)cc21. The first-order chi connectivity index (χ1) is 19.2.